The number of piperidine rings is 1. The summed E-state index contributed by atoms with van der Waals surface area (Å²) in [5, 5.41) is 10.8. The summed E-state index contributed by atoms with van der Waals surface area (Å²) >= 11 is 0. The van der Waals surface area contributed by atoms with Gasteiger partial charge in [-0.3, -0.25) is 0 Å². The van der Waals surface area contributed by atoms with Crippen molar-refractivity contribution in [2.45, 2.75) is 42.4 Å². The molecule has 0 spiro atoms. The Hall–Kier alpha value is -3.22. The molecule has 1 aliphatic carbocycles. The van der Waals surface area contributed by atoms with Crippen LogP contribution in [-0.2, 0) is 9.84 Å². The van der Waals surface area contributed by atoms with E-state index in [0.29, 0.717) is 30.6 Å². The smallest absolute Gasteiger partial charge is 0.175 e. The predicted octanol–water partition coefficient (Wildman–Crippen LogP) is 3.96. The van der Waals surface area contributed by atoms with Gasteiger partial charge >= 0.3 is 0 Å². The molecule has 36 heavy (non-hydrogen) atoms. The number of hydrogen-bond donors (Lipinski definition) is 3. The van der Waals surface area contributed by atoms with Gasteiger partial charge in [0.05, 0.1) is 41.5 Å². The van der Waals surface area contributed by atoms with Gasteiger partial charge in [-0.25, -0.2) is 12.8 Å². The first-order chi connectivity index (χ1) is 17.3. The zero-order valence-electron chi connectivity index (χ0n) is 20.5. The van der Waals surface area contributed by atoms with Gasteiger partial charge in [-0.1, -0.05) is 12.0 Å². The molecule has 0 unspecified atom stereocenters. The molecular formula is C27H31FN4O3S. The van der Waals surface area contributed by atoms with Crippen molar-refractivity contribution in [3.63, 3.8) is 0 Å². The Bertz CT molecular complexity index is 1440. The minimum absolute atomic E-state index is 0.205. The Balaban J connectivity index is 1.38. The zero-order valence-corrected chi connectivity index (χ0v) is 21.3. The highest BCUT2D eigenvalue weighted by atomic mass is 32.2. The van der Waals surface area contributed by atoms with Crippen LogP contribution in [0.1, 0.15) is 31.0 Å². The number of nitrogens with one attached hydrogen (secondary N) is 3. The second kappa shape index (κ2) is 10.0. The molecule has 0 amide bonds. The largest absolute Gasteiger partial charge is 0.495 e. The summed E-state index contributed by atoms with van der Waals surface area (Å²) in [5.74, 6) is 6.95. The van der Waals surface area contributed by atoms with Gasteiger partial charge in [-0.2, -0.15) is 0 Å². The molecule has 1 aromatic heterocycles. The number of rotatable bonds is 7. The summed E-state index contributed by atoms with van der Waals surface area (Å²) in [6, 6.07) is 13.2. The maximum Gasteiger partial charge on any atom is 0.175 e. The third-order valence-electron chi connectivity index (χ3n) is 6.73. The monoisotopic (exact) mass is 510 g/mol. The number of benzene rings is 2. The number of methoxy groups -OCH3 is 1. The van der Waals surface area contributed by atoms with Gasteiger partial charge in [-0.15, -0.1) is 0 Å². The number of ether oxygens (including phenoxy) is 1. The Labute approximate surface area is 211 Å². The molecule has 3 N–H and O–H groups in total. The SMILES string of the molecule is COc1cc(S(C)(=O)=O)ccc1NCC#Cc1cc2c(N[C@@H]3CCNC[C@@H]3F)cccc2n1C1CC1. The van der Waals surface area contributed by atoms with Crippen molar-refractivity contribution in [3.8, 4) is 17.6 Å². The Morgan fingerprint density at radius 3 is 2.72 bits per heavy atom. The lowest BCUT2D eigenvalue weighted by atomic mass is 10.0. The van der Waals surface area contributed by atoms with Crippen molar-refractivity contribution in [2.75, 3.05) is 43.6 Å². The van der Waals surface area contributed by atoms with Crippen LogP contribution < -0.4 is 20.7 Å². The third-order valence-corrected chi connectivity index (χ3v) is 7.84. The lowest BCUT2D eigenvalue weighted by molar-refractivity contribution is 0.245. The Morgan fingerprint density at radius 1 is 1.17 bits per heavy atom. The van der Waals surface area contributed by atoms with Crippen molar-refractivity contribution < 1.29 is 17.5 Å². The van der Waals surface area contributed by atoms with Crippen molar-refractivity contribution in [1.29, 1.82) is 0 Å². The molecular weight excluding hydrogens is 479 g/mol. The van der Waals surface area contributed by atoms with Gasteiger partial charge in [0.2, 0.25) is 0 Å². The summed E-state index contributed by atoms with van der Waals surface area (Å²) in [6.45, 7) is 1.55. The number of sulfone groups is 1. The maximum atomic E-state index is 14.4. The summed E-state index contributed by atoms with van der Waals surface area (Å²) < 4.78 is 45.7. The first-order valence-electron chi connectivity index (χ1n) is 12.2. The van der Waals surface area contributed by atoms with E-state index >= 15 is 0 Å². The average Bonchev–Trinajstić information content (AvgIpc) is 3.62. The van der Waals surface area contributed by atoms with E-state index in [-0.39, 0.29) is 10.9 Å². The number of aromatic nitrogens is 1. The minimum atomic E-state index is -3.32. The first kappa shape index (κ1) is 24.5. The molecule has 2 fully saturated rings. The molecule has 1 aliphatic heterocycles. The molecule has 2 heterocycles. The van der Waals surface area contributed by atoms with Crippen LogP contribution in [0.4, 0.5) is 15.8 Å². The highest BCUT2D eigenvalue weighted by molar-refractivity contribution is 7.90. The molecule has 190 valence electrons. The van der Waals surface area contributed by atoms with Gasteiger partial charge in [0.1, 0.15) is 11.9 Å². The fourth-order valence-corrected chi connectivity index (χ4v) is 5.34. The van der Waals surface area contributed by atoms with Crippen LogP contribution in [0.25, 0.3) is 10.9 Å². The quantitative estimate of drug-likeness (QED) is 0.418. The van der Waals surface area contributed by atoms with Gasteiger partial charge in [0, 0.05) is 36.0 Å². The summed E-state index contributed by atoms with van der Waals surface area (Å²) in [6.07, 6.45) is 3.24. The second-order valence-electron chi connectivity index (χ2n) is 9.42. The molecule has 0 bridgehead atoms. The van der Waals surface area contributed by atoms with Gasteiger partial charge in [0.15, 0.2) is 9.84 Å². The molecule has 1 saturated carbocycles. The topological polar surface area (TPSA) is 84.4 Å². The summed E-state index contributed by atoms with van der Waals surface area (Å²) in [4.78, 5) is 0.206. The van der Waals surface area contributed by atoms with Crippen molar-refractivity contribution in [3.05, 3.63) is 48.2 Å². The number of fused-ring (bicyclic) bond motifs is 1. The lowest BCUT2D eigenvalue weighted by Gasteiger charge is -2.28. The molecule has 2 aliphatic rings. The molecule has 1 saturated heterocycles. The Morgan fingerprint density at radius 2 is 2.00 bits per heavy atom. The van der Waals surface area contributed by atoms with Crippen molar-refractivity contribution >= 4 is 32.1 Å². The molecule has 0 radical (unpaired) electrons. The van der Waals surface area contributed by atoms with Gasteiger partial charge < -0.3 is 25.3 Å². The molecule has 2 aromatic carbocycles. The van der Waals surface area contributed by atoms with E-state index in [1.807, 2.05) is 12.1 Å². The van der Waals surface area contributed by atoms with E-state index in [1.165, 1.54) is 19.4 Å². The van der Waals surface area contributed by atoms with Crippen molar-refractivity contribution in [2.24, 2.45) is 0 Å². The van der Waals surface area contributed by atoms with E-state index in [0.717, 1.165) is 48.1 Å². The third kappa shape index (κ3) is 5.15. The van der Waals surface area contributed by atoms with E-state index in [9.17, 15) is 12.8 Å². The van der Waals surface area contributed by atoms with Crippen LogP contribution in [-0.4, -0.2) is 58.2 Å². The fraction of sp³-hybridized carbons (Fsp3) is 0.407. The number of hydrogen-bond acceptors (Lipinski definition) is 6. The van der Waals surface area contributed by atoms with Crippen LogP contribution in [0.3, 0.4) is 0 Å². The van der Waals surface area contributed by atoms with Crippen LogP contribution in [0.5, 0.6) is 5.75 Å². The fourth-order valence-electron chi connectivity index (χ4n) is 4.70. The average molecular weight is 511 g/mol. The molecule has 3 aromatic rings. The standard InChI is InChI=1S/C27H31FN4O3S/c1-35-27-16-20(36(2,33)34)10-11-25(27)30-13-4-5-19-15-21-23(31-24-12-14-29-17-22(24)28)6-3-7-26(21)32(19)18-8-9-18/h3,6-7,10-11,15-16,18,22,24,29-31H,8-9,12-14,17H2,1-2H3/t22-,24+/m0/s1. The zero-order chi connectivity index (χ0) is 25.3. The van der Waals surface area contributed by atoms with Crippen LogP contribution in [0.2, 0.25) is 0 Å². The maximum absolute atomic E-state index is 14.4. The van der Waals surface area contributed by atoms with Gasteiger partial charge in [-0.05, 0) is 62.1 Å². The molecule has 2 atom stereocenters. The van der Waals surface area contributed by atoms with E-state index in [1.54, 1.807) is 12.1 Å². The lowest BCUT2D eigenvalue weighted by Crippen LogP contribution is -2.45. The van der Waals surface area contributed by atoms with Crippen LogP contribution in [0.15, 0.2) is 47.4 Å². The number of halogens is 1. The normalized spacial score (nSPS) is 20.0. The second-order valence-corrected chi connectivity index (χ2v) is 11.4. The van der Waals surface area contributed by atoms with Crippen molar-refractivity contribution in [1.82, 2.24) is 9.88 Å². The molecule has 5 rings (SSSR count). The predicted molar refractivity (Wildman–Crippen MR) is 141 cm³/mol. The summed E-state index contributed by atoms with van der Waals surface area (Å²) in [5.41, 5.74) is 3.67. The number of anilines is 2. The van der Waals surface area contributed by atoms with E-state index in [4.69, 9.17) is 4.74 Å². The van der Waals surface area contributed by atoms with Crippen LogP contribution in [0, 0.1) is 11.8 Å². The van der Waals surface area contributed by atoms with E-state index < -0.39 is 16.0 Å². The Kier molecular flexibility index (Phi) is 6.82. The van der Waals surface area contributed by atoms with Crippen LogP contribution >= 0.6 is 0 Å². The van der Waals surface area contributed by atoms with E-state index in [2.05, 4.69) is 44.5 Å². The number of nitrogens with zero attached hydrogens (tertiary/aromatic N) is 1. The highest BCUT2D eigenvalue weighted by Crippen LogP contribution is 2.41. The first-order valence-corrected chi connectivity index (χ1v) is 14.1. The molecule has 7 nitrogen and oxygen atoms in total. The van der Waals surface area contributed by atoms with Gasteiger partial charge in [0.25, 0.3) is 0 Å². The highest BCUT2D eigenvalue weighted by Gasteiger charge is 2.29. The minimum Gasteiger partial charge on any atom is -0.495 e. The molecule has 9 heteroatoms. The number of alkyl halides is 1. The summed E-state index contributed by atoms with van der Waals surface area (Å²) in [7, 11) is -1.81.